The SMILES string of the molecule is CN(C)c1ccc(CNCC2CCCN2)cc1. The fourth-order valence-electron chi connectivity index (χ4n) is 2.23. The molecule has 1 aliphatic heterocycles. The minimum atomic E-state index is 0.677. The molecule has 1 atom stereocenters. The monoisotopic (exact) mass is 233 g/mol. The van der Waals surface area contributed by atoms with Gasteiger partial charge in [0.15, 0.2) is 0 Å². The lowest BCUT2D eigenvalue weighted by molar-refractivity contribution is 0.536. The standard InChI is InChI=1S/C14H23N3/c1-17(2)14-7-5-12(6-8-14)10-15-11-13-4-3-9-16-13/h5-8,13,15-16H,3-4,9-11H2,1-2H3. The molecule has 2 N–H and O–H groups in total. The third-order valence-corrected chi connectivity index (χ3v) is 3.33. The first kappa shape index (κ1) is 12.4. The molecule has 3 heteroatoms. The van der Waals surface area contributed by atoms with Crippen LogP contribution < -0.4 is 15.5 Å². The second-order valence-electron chi connectivity index (χ2n) is 4.99. The largest absolute Gasteiger partial charge is 0.378 e. The second-order valence-corrected chi connectivity index (χ2v) is 4.99. The van der Waals surface area contributed by atoms with Gasteiger partial charge < -0.3 is 15.5 Å². The van der Waals surface area contributed by atoms with E-state index in [1.54, 1.807) is 0 Å². The maximum atomic E-state index is 3.52. The molecule has 1 unspecified atom stereocenters. The fourth-order valence-corrected chi connectivity index (χ4v) is 2.23. The molecule has 0 bridgehead atoms. The van der Waals surface area contributed by atoms with Crippen molar-refractivity contribution >= 4 is 5.69 Å². The van der Waals surface area contributed by atoms with Gasteiger partial charge in [0, 0.05) is 38.9 Å². The number of hydrogen-bond acceptors (Lipinski definition) is 3. The molecule has 1 aromatic rings. The van der Waals surface area contributed by atoms with Crippen molar-refractivity contribution in [2.24, 2.45) is 0 Å². The molecule has 0 aliphatic carbocycles. The number of nitrogens with one attached hydrogen (secondary N) is 2. The zero-order chi connectivity index (χ0) is 12.1. The molecule has 3 nitrogen and oxygen atoms in total. The second kappa shape index (κ2) is 6.03. The fraction of sp³-hybridized carbons (Fsp3) is 0.571. The van der Waals surface area contributed by atoms with Gasteiger partial charge in [0.05, 0.1) is 0 Å². The maximum absolute atomic E-state index is 3.52. The third kappa shape index (κ3) is 3.72. The van der Waals surface area contributed by atoms with Crippen molar-refractivity contribution in [3.63, 3.8) is 0 Å². The van der Waals surface area contributed by atoms with Gasteiger partial charge in [-0.3, -0.25) is 0 Å². The summed E-state index contributed by atoms with van der Waals surface area (Å²) in [5.41, 5.74) is 2.61. The zero-order valence-electron chi connectivity index (χ0n) is 10.9. The molecule has 0 amide bonds. The van der Waals surface area contributed by atoms with Gasteiger partial charge in [-0.2, -0.15) is 0 Å². The summed E-state index contributed by atoms with van der Waals surface area (Å²) in [7, 11) is 4.14. The molecule has 1 saturated heterocycles. The zero-order valence-corrected chi connectivity index (χ0v) is 10.9. The van der Waals surface area contributed by atoms with Crippen LogP contribution in [0.4, 0.5) is 5.69 Å². The molecular formula is C14H23N3. The van der Waals surface area contributed by atoms with Crippen LogP contribution in [0.15, 0.2) is 24.3 Å². The van der Waals surface area contributed by atoms with Gasteiger partial charge in [0.25, 0.3) is 0 Å². The molecular weight excluding hydrogens is 210 g/mol. The van der Waals surface area contributed by atoms with E-state index < -0.39 is 0 Å². The van der Waals surface area contributed by atoms with Crippen LogP contribution in [0.25, 0.3) is 0 Å². The van der Waals surface area contributed by atoms with Crippen LogP contribution in [0.3, 0.4) is 0 Å². The van der Waals surface area contributed by atoms with E-state index in [1.807, 2.05) is 0 Å². The normalized spacial score (nSPS) is 19.5. The van der Waals surface area contributed by atoms with Crippen molar-refractivity contribution in [2.45, 2.75) is 25.4 Å². The first-order valence-corrected chi connectivity index (χ1v) is 6.46. The predicted molar refractivity (Wildman–Crippen MR) is 73.5 cm³/mol. The minimum absolute atomic E-state index is 0.677. The van der Waals surface area contributed by atoms with Crippen LogP contribution in [0.1, 0.15) is 18.4 Å². The lowest BCUT2D eigenvalue weighted by atomic mass is 10.2. The van der Waals surface area contributed by atoms with Crippen LogP contribution in [0.2, 0.25) is 0 Å². The molecule has 0 spiro atoms. The summed E-state index contributed by atoms with van der Waals surface area (Å²) in [5, 5.41) is 7.01. The Hall–Kier alpha value is -1.06. The Bertz CT molecular complexity index is 326. The van der Waals surface area contributed by atoms with E-state index in [-0.39, 0.29) is 0 Å². The first-order valence-electron chi connectivity index (χ1n) is 6.46. The summed E-state index contributed by atoms with van der Waals surface area (Å²) < 4.78 is 0. The molecule has 17 heavy (non-hydrogen) atoms. The molecule has 94 valence electrons. The molecule has 0 saturated carbocycles. The van der Waals surface area contributed by atoms with Crippen molar-refractivity contribution < 1.29 is 0 Å². The Kier molecular flexibility index (Phi) is 4.40. The van der Waals surface area contributed by atoms with Crippen LogP contribution in [0, 0.1) is 0 Å². The molecule has 1 heterocycles. The molecule has 1 fully saturated rings. The van der Waals surface area contributed by atoms with Crippen molar-refractivity contribution in [3.05, 3.63) is 29.8 Å². The summed E-state index contributed by atoms with van der Waals surface area (Å²) in [6.07, 6.45) is 2.64. The molecule has 1 aromatic carbocycles. The predicted octanol–water partition coefficient (Wildman–Crippen LogP) is 1.59. The highest BCUT2D eigenvalue weighted by molar-refractivity contribution is 5.45. The summed E-state index contributed by atoms with van der Waals surface area (Å²) >= 11 is 0. The number of rotatable bonds is 5. The lowest BCUT2D eigenvalue weighted by Gasteiger charge is -2.14. The number of anilines is 1. The smallest absolute Gasteiger partial charge is 0.0361 e. The average Bonchev–Trinajstić information content (AvgIpc) is 2.83. The summed E-state index contributed by atoms with van der Waals surface area (Å²) in [4.78, 5) is 2.12. The highest BCUT2D eigenvalue weighted by atomic mass is 15.1. The summed E-state index contributed by atoms with van der Waals surface area (Å²) in [6, 6.07) is 9.42. The maximum Gasteiger partial charge on any atom is 0.0361 e. The van der Waals surface area contributed by atoms with Gasteiger partial charge in [-0.15, -0.1) is 0 Å². The number of benzene rings is 1. The highest BCUT2D eigenvalue weighted by Crippen LogP contribution is 2.12. The molecule has 2 rings (SSSR count). The van der Waals surface area contributed by atoms with E-state index in [9.17, 15) is 0 Å². The van der Waals surface area contributed by atoms with Crippen LogP contribution in [-0.4, -0.2) is 33.2 Å². The van der Waals surface area contributed by atoms with Gasteiger partial charge in [-0.1, -0.05) is 12.1 Å². The van der Waals surface area contributed by atoms with Gasteiger partial charge in [0.2, 0.25) is 0 Å². The molecule has 1 aliphatic rings. The Labute approximate surface area is 104 Å². The van der Waals surface area contributed by atoms with E-state index in [4.69, 9.17) is 0 Å². The Balaban J connectivity index is 1.74. The first-order chi connectivity index (χ1) is 8.25. The Morgan fingerprint density at radius 3 is 2.65 bits per heavy atom. The lowest BCUT2D eigenvalue weighted by Crippen LogP contribution is -2.33. The number of nitrogens with zero attached hydrogens (tertiary/aromatic N) is 1. The Morgan fingerprint density at radius 2 is 2.06 bits per heavy atom. The van der Waals surface area contributed by atoms with Crippen molar-refractivity contribution in [2.75, 3.05) is 32.1 Å². The minimum Gasteiger partial charge on any atom is -0.378 e. The van der Waals surface area contributed by atoms with E-state index in [0.717, 1.165) is 13.1 Å². The van der Waals surface area contributed by atoms with Crippen molar-refractivity contribution in [1.82, 2.24) is 10.6 Å². The van der Waals surface area contributed by atoms with Gasteiger partial charge >= 0.3 is 0 Å². The highest BCUT2D eigenvalue weighted by Gasteiger charge is 2.12. The molecule has 0 radical (unpaired) electrons. The van der Waals surface area contributed by atoms with Crippen molar-refractivity contribution in [3.8, 4) is 0 Å². The number of hydrogen-bond donors (Lipinski definition) is 2. The van der Waals surface area contributed by atoms with E-state index in [2.05, 4.69) is 53.9 Å². The summed E-state index contributed by atoms with van der Waals surface area (Å²) in [5.74, 6) is 0. The van der Waals surface area contributed by atoms with Crippen molar-refractivity contribution in [1.29, 1.82) is 0 Å². The van der Waals surface area contributed by atoms with Crippen LogP contribution in [-0.2, 0) is 6.54 Å². The van der Waals surface area contributed by atoms with Crippen LogP contribution in [0.5, 0.6) is 0 Å². The van der Waals surface area contributed by atoms with Gasteiger partial charge in [-0.25, -0.2) is 0 Å². The molecule has 0 aromatic heterocycles. The third-order valence-electron chi connectivity index (χ3n) is 3.33. The topological polar surface area (TPSA) is 27.3 Å². The van der Waals surface area contributed by atoms with Crippen LogP contribution >= 0.6 is 0 Å². The Morgan fingerprint density at radius 1 is 1.29 bits per heavy atom. The van der Waals surface area contributed by atoms with E-state index in [0.29, 0.717) is 6.04 Å². The average molecular weight is 233 g/mol. The van der Waals surface area contributed by atoms with Gasteiger partial charge in [-0.05, 0) is 37.1 Å². The van der Waals surface area contributed by atoms with E-state index >= 15 is 0 Å². The van der Waals surface area contributed by atoms with E-state index in [1.165, 1.54) is 30.6 Å². The summed E-state index contributed by atoms with van der Waals surface area (Å²) in [6.45, 7) is 3.23. The van der Waals surface area contributed by atoms with Gasteiger partial charge in [0.1, 0.15) is 0 Å². The quantitative estimate of drug-likeness (QED) is 0.809.